The Balaban J connectivity index is 0. The molecule has 158 valence electrons. The van der Waals surface area contributed by atoms with Crippen LogP contribution in [0.5, 0.6) is 0 Å². The second kappa shape index (κ2) is 18.2. The standard InChI is InChI=1S/C15H33P.C6H14N2O2/c1-5-6-7-8-9-10-11-12-13-14(2)15(3,4)16;7-4-2-1-3-5(8)6(9)10/h14H,5-13,16H2,1-4H3;5H,1-4,7-8H2,(H,9,10). The van der Waals surface area contributed by atoms with Gasteiger partial charge in [-0.3, -0.25) is 4.79 Å². The molecule has 0 saturated carbocycles. The van der Waals surface area contributed by atoms with Crippen LogP contribution in [-0.4, -0.2) is 28.8 Å². The van der Waals surface area contributed by atoms with Gasteiger partial charge < -0.3 is 16.6 Å². The first-order valence-corrected chi connectivity index (χ1v) is 11.2. The summed E-state index contributed by atoms with van der Waals surface area (Å²) in [5.74, 6) is -0.102. The zero-order valence-electron chi connectivity index (χ0n) is 17.9. The first kappa shape index (κ1) is 28.0. The van der Waals surface area contributed by atoms with Crippen LogP contribution in [-0.2, 0) is 4.79 Å². The van der Waals surface area contributed by atoms with E-state index in [1.807, 2.05) is 0 Å². The summed E-state index contributed by atoms with van der Waals surface area (Å²) in [5, 5.41) is 8.74. The number of hydrogen-bond acceptors (Lipinski definition) is 3. The van der Waals surface area contributed by atoms with Gasteiger partial charge in [-0.05, 0) is 36.9 Å². The van der Waals surface area contributed by atoms with Crippen LogP contribution in [0.15, 0.2) is 0 Å². The van der Waals surface area contributed by atoms with Crippen molar-refractivity contribution < 1.29 is 9.90 Å². The molecule has 0 fully saturated rings. The molecule has 0 saturated heterocycles. The normalized spacial score (nSPS) is 13.7. The largest absolute Gasteiger partial charge is 0.480 e. The molecule has 0 amide bonds. The minimum Gasteiger partial charge on any atom is -0.480 e. The SMILES string of the molecule is CCCCCCCCCCC(C)C(C)(C)P.NCCCCC(N)C(=O)O. The highest BCUT2D eigenvalue weighted by atomic mass is 31.0. The van der Waals surface area contributed by atoms with Crippen molar-refractivity contribution in [2.45, 2.75) is 116 Å². The molecule has 0 aromatic carbocycles. The van der Waals surface area contributed by atoms with Crippen molar-refractivity contribution in [3.8, 4) is 0 Å². The lowest BCUT2D eigenvalue weighted by molar-refractivity contribution is -0.138. The lowest BCUT2D eigenvalue weighted by Gasteiger charge is -2.26. The number of carbonyl (C=O) groups is 1. The smallest absolute Gasteiger partial charge is 0.320 e. The number of unbranched alkanes of at least 4 members (excludes halogenated alkanes) is 8. The topological polar surface area (TPSA) is 89.3 Å². The Morgan fingerprint density at radius 3 is 1.85 bits per heavy atom. The maximum absolute atomic E-state index is 10.1. The van der Waals surface area contributed by atoms with Crippen LogP contribution in [0.1, 0.15) is 105 Å². The summed E-state index contributed by atoms with van der Waals surface area (Å²) >= 11 is 0. The van der Waals surface area contributed by atoms with Gasteiger partial charge in [-0.25, -0.2) is 0 Å². The van der Waals surface area contributed by atoms with Gasteiger partial charge in [0.1, 0.15) is 6.04 Å². The van der Waals surface area contributed by atoms with Crippen molar-refractivity contribution in [3.63, 3.8) is 0 Å². The van der Waals surface area contributed by atoms with E-state index in [1.54, 1.807) is 0 Å². The van der Waals surface area contributed by atoms with Crippen molar-refractivity contribution in [2.24, 2.45) is 17.4 Å². The number of carboxylic acids is 1. The van der Waals surface area contributed by atoms with Gasteiger partial charge >= 0.3 is 5.97 Å². The van der Waals surface area contributed by atoms with Gasteiger partial charge in [0.2, 0.25) is 0 Å². The molecule has 4 nitrogen and oxygen atoms in total. The van der Waals surface area contributed by atoms with Crippen LogP contribution >= 0.6 is 9.24 Å². The van der Waals surface area contributed by atoms with E-state index < -0.39 is 12.0 Å². The quantitative estimate of drug-likeness (QED) is 0.260. The molecule has 0 rings (SSSR count). The Hall–Kier alpha value is -0.180. The Morgan fingerprint density at radius 2 is 1.42 bits per heavy atom. The zero-order valence-corrected chi connectivity index (χ0v) is 19.1. The summed E-state index contributed by atoms with van der Waals surface area (Å²) in [4.78, 5) is 10.1. The molecule has 5 heteroatoms. The van der Waals surface area contributed by atoms with Crippen LogP contribution in [0.3, 0.4) is 0 Å². The molecule has 3 unspecified atom stereocenters. The van der Waals surface area contributed by atoms with Gasteiger partial charge in [-0.1, -0.05) is 85.5 Å². The van der Waals surface area contributed by atoms with E-state index in [-0.39, 0.29) is 0 Å². The van der Waals surface area contributed by atoms with Gasteiger partial charge in [0, 0.05) is 0 Å². The second-order valence-corrected chi connectivity index (χ2v) is 9.70. The average molecular weight is 391 g/mol. The molecular weight excluding hydrogens is 343 g/mol. The molecule has 0 aliphatic rings. The molecule has 0 aromatic heterocycles. The predicted octanol–water partition coefficient (Wildman–Crippen LogP) is 5.33. The third-order valence-corrected chi connectivity index (χ3v) is 5.62. The molecular formula is C21H47N2O2P. The first-order valence-electron chi connectivity index (χ1n) is 10.6. The van der Waals surface area contributed by atoms with Gasteiger partial charge in [0.15, 0.2) is 0 Å². The minimum atomic E-state index is -0.933. The van der Waals surface area contributed by atoms with Gasteiger partial charge in [0.25, 0.3) is 0 Å². The lowest BCUT2D eigenvalue weighted by Crippen LogP contribution is -2.29. The molecule has 3 atom stereocenters. The summed E-state index contributed by atoms with van der Waals surface area (Å²) < 4.78 is 0. The maximum atomic E-state index is 10.1. The fraction of sp³-hybridized carbons (Fsp3) is 0.952. The fourth-order valence-corrected chi connectivity index (χ4v) is 2.76. The first-order chi connectivity index (χ1) is 12.2. The summed E-state index contributed by atoms with van der Waals surface area (Å²) in [6, 6.07) is -0.716. The van der Waals surface area contributed by atoms with Gasteiger partial charge in [0.05, 0.1) is 0 Å². The molecule has 0 heterocycles. The van der Waals surface area contributed by atoms with Crippen LogP contribution in [0, 0.1) is 5.92 Å². The molecule has 0 aromatic rings. The van der Waals surface area contributed by atoms with E-state index in [1.165, 1.54) is 57.8 Å². The Bertz CT molecular complexity index is 320. The van der Waals surface area contributed by atoms with E-state index in [0.29, 0.717) is 18.1 Å². The fourth-order valence-electron chi connectivity index (χ4n) is 2.59. The van der Waals surface area contributed by atoms with Crippen LogP contribution in [0.4, 0.5) is 0 Å². The summed E-state index contributed by atoms with van der Waals surface area (Å²) in [7, 11) is 2.98. The molecule has 0 radical (unpaired) electrons. The Morgan fingerprint density at radius 1 is 0.962 bits per heavy atom. The van der Waals surface area contributed by atoms with Gasteiger partial charge in [-0.15, -0.1) is 9.24 Å². The molecule has 0 spiro atoms. The number of aliphatic carboxylic acids is 1. The van der Waals surface area contributed by atoms with Gasteiger partial charge in [-0.2, -0.15) is 0 Å². The third-order valence-electron chi connectivity index (χ3n) is 5.05. The molecule has 5 N–H and O–H groups in total. The Labute approximate surface area is 165 Å². The number of nitrogens with two attached hydrogens (primary N) is 2. The van der Waals surface area contributed by atoms with Crippen molar-refractivity contribution in [1.29, 1.82) is 0 Å². The highest BCUT2D eigenvalue weighted by Gasteiger charge is 2.19. The number of hydrogen-bond donors (Lipinski definition) is 3. The number of rotatable bonds is 15. The van der Waals surface area contributed by atoms with Crippen LogP contribution in [0.25, 0.3) is 0 Å². The highest BCUT2D eigenvalue weighted by molar-refractivity contribution is 7.18. The number of carboxylic acid groups (broad SMARTS) is 1. The lowest BCUT2D eigenvalue weighted by atomic mass is 9.91. The molecule has 0 aliphatic carbocycles. The second-order valence-electron chi connectivity index (χ2n) is 8.22. The average Bonchev–Trinajstić information content (AvgIpc) is 2.56. The monoisotopic (exact) mass is 390 g/mol. The van der Waals surface area contributed by atoms with Crippen LogP contribution < -0.4 is 11.5 Å². The van der Waals surface area contributed by atoms with Crippen molar-refractivity contribution in [1.82, 2.24) is 0 Å². The van der Waals surface area contributed by atoms with Crippen molar-refractivity contribution in [3.05, 3.63) is 0 Å². The minimum absolute atomic E-state index is 0.418. The molecule has 0 bridgehead atoms. The third kappa shape index (κ3) is 20.1. The van der Waals surface area contributed by atoms with E-state index in [2.05, 4.69) is 36.9 Å². The van der Waals surface area contributed by atoms with E-state index in [9.17, 15) is 4.79 Å². The van der Waals surface area contributed by atoms with E-state index in [4.69, 9.17) is 16.6 Å². The van der Waals surface area contributed by atoms with E-state index >= 15 is 0 Å². The summed E-state index contributed by atoms with van der Waals surface area (Å²) in [6.45, 7) is 9.92. The predicted molar refractivity (Wildman–Crippen MR) is 119 cm³/mol. The molecule has 26 heavy (non-hydrogen) atoms. The highest BCUT2D eigenvalue weighted by Crippen LogP contribution is 2.30. The maximum Gasteiger partial charge on any atom is 0.320 e. The Kier molecular flexibility index (Phi) is 19.6. The summed E-state index contributed by atoms with van der Waals surface area (Å²) in [6.07, 6.45) is 15.0. The van der Waals surface area contributed by atoms with E-state index in [0.717, 1.165) is 18.8 Å². The summed E-state index contributed by atoms with van der Waals surface area (Å²) in [5.41, 5.74) is 10.4. The van der Waals surface area contributed by atoms with Crippen molar-refractivity contribution in [2.75, 3.05) is 6.54 Å². The zero-order chi connectivity index (χ0) is 20.4. The van der Waals surface area contributed by atoms with Crippen LogP contribution in [0.2, 0.25) is 0 Å². The van der Waals surface area contributed by atoms with Crippen molar-refractivity contribution >= 4 is 15.2 Å². The molecule has 0 aliphatic heterocycles.